The molecule has 0 aromatic carbocycles. The molecule has 0 aliphatic carbocycles. The molecule has 0 aromatic heterocycles. The van der Waals surface area contributed by atoms with Gasteiger partial charge in [0.05, 0.1) is 24.2 Å². The highest BCUT2D eigenvalue weighted by Crippen LogP contribution is 2.23. The van der Waals surface area contributed by atoms with Crippen LogP contribution in [0.15, 0.2) is 0 Å². The topological polar surface area (TPSA) is 78.8 Å². The number of ether oxygens (including phenoxy) is 1. The first-order chi connectivity index (χ1) is 7.35. The molecule has 5 nitrogen and oxygen atoms in total. The molecular formula is C11H21NO4. The lowest BCUT2D eigenvalue weighted by Crippen LogP contribution is -2.46. The maximum Gasteiger partial charge on any atom is 0.310 e. The molecule has 0 unspecified atom stereocenters. The number of hydrogen-bond donors (Lipinski definition) is 3. The number of rotatable bonds is 4. The highest BCUT2D eigenvalue weighted by Gasteiger charge is 2.39. The van der Waals surface area contributed by atoms with Crippen molar-refractivity contribution >= 4 is 5.97 Å². The van der Waals surface area contributed by atoms with E-state index in [4.69, 9.17) is 14.9 Å². The Morgan fingerprint density at radius 2 is 2.19 bits per heavy atom. The lowest BCUT2D eigenvalue weighted by molar-refractivity contribution is -0.147. The number of hydrogen-bond acceptors (Lipinski definition) is 4. The molecule has 3 atom stereocenters. The molecule has 0 aromatic rings. The smallest absolute Gasteiger partial charge is 0.310 e. The quantitative estimate of drug-likeness (QED) is 0.645. The number of nitrogens with one attached hydrogen (secondary N) is 1. The Morgan fingerprint density at radius 1 is 1.56 bits per heavy atom. The number of carboxylic acid groups (broad SMARTS) is 1. The molecule has 94 valence electrons. The summed E-state index contributed by atoms with van der Waals surface area (Å²) in [6.07, 6.45) is 0.638. The fourth-order valence-corrected chi connectivity index (χ4v) is 2.04. The van der Waals surface area contributed by atoms with Gasteiger partial charge in [-0.25, -0.2) is 0 Å². The van der Waals surface area contributed by atoms with Crippen LogP contribution in [-0.2, 0) is 9.53 Å². The standard InChI is InChI=1S/C11H21NO4/c1-11(2,3)16-8-4-5-12-9(8)7(6-13)10(14)15/h7-9,12-13H,4-6H2,1-3H3,(H,14,15)/t7-,8+,9-/m1/s1. The van der Waals surface area contributed by atoms with Gasteiger partial charge in [0.15, 0.2) is 0 Å². The summed E-state index contributed by atoms with van der Waals surface area (Å²) in [6, 6.07) is -0.304. The maximum absolute atomic E-state index is 11.0. The van der Waals surface area contributed by atoms with Crippen LogP contribution in [0.4, 0.5) is 0 Å². The molecule has 1 rings (SSSR count). The predicted molar refractivity (Wildman–Crippen MR) is 59.2 cm³/mol. The van der Waals surface area contributed by atoms with E-state index in [2.05, 4.69) is 5.32 Å². The highest BCUT2D eigenvalue weighted by molar-refractivity contribution is 5.71. The summed E-state index contributed by atoms with van der Waals surface area (Å²) < 4.78 is 5.81. The third-order valence-corrected chi connectivity index (χ3v) is 2.66. The van der Waals surface area contributed by atoms with E-state index in [9.17, 15) is 4.79 Å². The molecule has 0 bridgehead atoms. The minimum atomic E-state index is -0.982. The zero-order valence-electron chi connectivity index (χ0n) is 10.1. The van der Waals surface area contributed by atoms with Crippen LogP contribution in [0.2, 0.25) is 0 Å². The second kappa shape index (κ2) is 5.12. The van der Waals surface area contributed by atoms with Gasteiger partial charge in [0.1, 0.15) is 0 Å². The molecular weight excluding hydrogens is 210 g/mol. The van der Waals surface area contributed by atoms with E-state index in [1.807, 2.05) is 20.8 Å². The Balaban J connectivity index is 2.67. The van der Waals surface area contributed by atoms with Gasteiger partial charge in [0.2, 0.25) is 0 Å². The van der Waals surface area contributed by atoms with Crippen LogP contribution in [0.5, 0.6) is 0 Å². The summed E-state index contributed by atoms with van der Waals surface area (Å²) in [6.45, 7) is 6.19. The van der Waals surface area contributed by atoms with E-state index >= 15 is 0 Å². The molecule has 16 heavy (non-hydrogen) atoms. The van der Waals surface area contributed by atoms with Crippen molar-refractivity contribution in [2.24, 2.45) is 5.92 Å². The van der Waals surface area contributed by atoms with Gasteiger partial charge >= 0.3 is 5.97 Å². The van der Waals surface area contributed by atoms with Crippen molar-refractivity contribution in [3.8, 4) is 0 Å². The van der Waals surface area contributed by atoms with Crippen LogP contribution >= 0.6 is 0 Å². The van der Waals surface area contributed by atoms with Crippen molar-refractivity contribution in [2.45, 2.75) is 44.9 Å². The summed E-state index contributed by atoms with van der Waals surface area (Å²) in [5.74, 6) is -1.78. The van der Waals surface area contributed by atoms with Crippen LogP contribution in [0.3, 0.4) is 0 Å². The molecule has 0 amide bonds. The number of carbonyl (C=O) groups is 1. The van der Waals surface area contributed by atoms with Gasteiger partial charge in [-0.2, -0.15) is 0 Å². The number of aliphatic hydroxyl groups excluding tert-OH is 1. The number of carboxylic acids is 1. The molecule has 1 saturated heterocycles. The normalized spacial score (nSPS) is 28.0. The molecule has 5 heteroatoms. The Hall–Kier alpha value is -0.650. The summed E-state index contributed by atoms with van der Waals surface area (Å²) in [4.78, 5) is 11.0. The Morgan fingerprint density at radius 3 is 2.62 bits per heavy atom. The van der Waals surface area contributed by atoms with Gasteiger partial charge in [-0.1, -0.05) is 0 Å². The van der Waals surface area contributed by atoms with Crippen LogP contribution in [0.25, 0.3) is 0 Å². The third-order valence-electron chi connectivity index (χ3n) is 2.66. The average molecular weight is 231 g/mol. The van der Waals surface area contributed by atoms with E-state index in [0.717, 1.165) is 13.0 Å². The first-order valence-corrected chi connectivity index (χ1v) is 5.60. The van der Waals surface area contributed by atoms with Gasteiger partial charge in [0, 0.05) is 6.04 Å². The van der Waals surface area contributed by atoms with E-state index in [1.54, 1.807) is 0 Å². The monoisotopic (exact) mass is 231 g/mol. The lowest BCUT2D eigenvalue weighted by Gasteiger charge is -2.30. The minimum absolute atomic E-state index is 0.145. The average Bonchev–Trinajstić information content (AvgIpc) is 2.51. The van der Waals surface area contributed by atoms with Crippen molar-refractivity contribution < 1.29 is 19.7 Å². The fourth-order valence-electron chi connectivity index (χ4n) is 2.04. The zero-order valence-corrected chi connectivity index (χ0v) is 10.1. The Bertz CT molecular complexity index is 249. The van der Waals surface area contributed by atoms with Crippen molar-refractivity contribution in [1.82, 2.24) is 5.32 Å². The van der Waals surface area contributed by atoms with E-state index in [0.29, 0.717) is 0 Å². The van der Waals surface area contributed by atoms with E-state index in [-0.39, 0.29) is 24.4 Å². The number of aliphatic carboxylic acids is 1. The molecule has 3 N–H and O–H groups in total. The first kappa shape index (κ1) is 13.4. The summed E-state index contributed by atoms with van der Waals surface area (Å²) in [7, 11) is 0. The van der Waals surface area contributed by atoms with Gasteiger partial charge in [-0.05, 0) is 33.7 Å². The number of aliphatic hydroxyl groups is 1. The van der Waals surface area contributed by atoms with Crippen LogP contribution in [0, 0.1) is 5.92 Å². The summed E-state index contributed by atoms with van der Waals surface area (Å²) >= 11 is 0. The molecule has 1 aliphatic rings. The molecule has 0 radical (unpaired) electrons. The molecule has 0 spiro atoms. The van der Waals surface area contributed by atoms with Gasteiger partial charge in [-0.3, -0.25) is 4.79 Å². The van der Waals surface area contributed by atoms with Crippen LogP contribution in [-0.4, -0.2) is 47.1 Å². The van der Waals surface area contributed by atoms with Crippen LogP contribution in [0.1, 0.15) is 27.2 Å². The summed E-state index contributed by atoms with van der Waals surface area (Å²) in [5, 5.41) is 21.2. The fraction of sp³-hybridized carbons (Fsp3) is 0.909. The van der Waals surface area contributed by atoms with Crippen LogP contribution < -0.4 is 5.32 Å². The Kier molecular flexibility index (Phi) is 4.29. The van der Waals surface area contributed by atoms with Crippen molar-refractivity contribution in [3.63, 3.8) is 0 Å². The first-order valence-electron chi connectivity index (χ1n) is 5.60. The van der Waals surface area contributed by atoms with E-state index in [1.165, 1.54) is 0 Å². The largest absolute Gasteiger partial charge is 0.481 e. The third kappa shape index (κ3) is 3.43. The predicted octanol–water partition coefficient (Wildman–Crippen LogP) is 0.225. The second-order valence-electron chi connectivity index (χ2n) is 5.16. The molecule has 1 heterocycles. The van der Waals surface area contributed by atoms with Crippen molar-refractivity contribution in [2.75, 3.05) is 13.2 Å². The van der Waals surface area contributed by atoms with Gasteiger partial charge < -0.3 is 20.3 Å². The SMILES string of the molecule is CC(C)(C)O[C@H]1CCN[C@@H]1[C@@H](CO)C(=O)O. The second-order valence-corrected chi connectivity index (χ2v) is 5.16. The molecule has 1 aliphatic heterocycles. The van der Waals surface area contributed by atoms with Crippen molar-refractivity contribution in [1.29, 1.82) is 0 Å². The Labute approximate surface area is 95.8 Å². The molecule has 1 fully saturated rings. The van der Waals surface area contributed by atoms with Crippen molar-refractivity contribution in [3.05, 3.63) is 0 Å². The zero-order chi connectivity index (χ0) is 12.3. The minimum Gasteiger partial charge on any atom is -0.481 e. The summed E-state index contributed by atoms with van der Waals surface area (Å²) in [5.41, 5.74) is -0.298. The molecule has 0 saturated carbocycles. The van der Waals surface area contributed by atoms with Gasteiger partial charge in [-0.15, -0.1) is 0 Å². The highest BCUT2D eigenvalue weighted by atomic mass is 16.5. The lowest BCUT2D eigenvalue weighted by atomic mass is 9.96. The maximum atomic E-state index is 11.0. The van der Waals surface area contributed by atoms with E-state index < -0.39 is 11.9 Å². The van der Waals surface area contributed by atoms with Gasteiger partial charge in [0.25, 0.3) is 0 Å².